The topological polar surface area (TPSA) is 34.3 Å². The molecule has 0 unspecified atom stereocenters. The Hall–Kier alpha value is -3.83. The van der Waals surface area contributed by atoms with Crippen molar-refractivity contribution in [3.05, 3.63) is 96.7 Å². The summed E-state index contributed by atoms with van der Waals surface area (Å²) in [6.45, 7) is 5.01. The smallest absolute Gasteiger partial charge is 0.235 e. The molecular weight excluding hydrogens is 420 g/mol. The fourth-order valence-corrected chi connectivity index (χ4v) is 5.11. The van der Waals surface area contributed by atoms with E-state index in [2.05, 4.69) is 98.2 Å². The third kappa shape index (κ3) is 3.78. The molecule has 2 aromatic heterocycles. The molecule has 0 saturated carbocycles. The number of rotatable bonds is 5. The quantitative estimate of drug-likeness (QED) is 0.383. The van der Waals surface area contributed by atoms with Gasteiger partial charge in [0.2, 0.25) is 11.2 Å². The maximum Gasteiger partial charge on any atom is 0.235 e. The lowest BCUT2D eigenvalue weighted by Crippen LogP contribution is -2.46. The third-order valence-corrected chi connectivity index (χ3v) is 6.82. The second kappa shape index (κ2) is 8.84. The van der Waals surface area contributed by atoms with Crippen molar-refractivity contribution in [2.75, 3.05) is 38.2 Å². The van der Waals surface area contributed by atoms with E-state index in [9.17, 15) is 0 Å². The molecule has 0 atom stereocenters. The van der Waals surface area contributed by atoms with E-state index in [1.54, 1.807) is 7.11 Å². The monoisotopic (exact) mass is 449 g/mol. The number of methoxy groups -OCH3 is 1. The van der Waals surface area contributed by atoms with Gasteiger partial charge < -0.3 is 14.0 Å². The van der Waals surface area contributed by atoms with Crippen molar-refractivity contribution < 1.29 is 9.72 Å². The first-order valence-corrected chi connectivity index (χ1v) is 11.9. The zero-order valence-corrected chi connectivity index (χ0v) is 19.4. The highest BCUT2D eigenvalue weighted by Crippen LogP contribution is 2.29. The average Bonchev–Trinajstić information content (AvgIpc) is 3.33. The summed E-state index contributed by atoms with van der Waals surface area (Å²) in [4.78, 5) is 8.67. The maximum atomic E-state index is 5.58. The van der Waals surface area contributed by atoms with E-state index in [0.29, 0.717) is 0 Å². The van der Waals surface area contributed by atoms with Crippen LogP contribution in [-0.4, -0.2) is 42.6 Å². The lowest BCUT2D eigenvalue weighted by Gasteiger charge is -2.36. The molecule has 1 fully saturated rings. The van der Waals surface area contributed by atoms with E-state index in [-0.39, 0.29) is 0 Å². The number of H-pyrrole nitrogens is 1. The van der Waals surface area contributed by atoms with Gasteiger partial charge >= 0.3 is 0 Å². The zero-order chi connectivity index (χ0) is 22.9. The van der Waals surface area contributed by atoms with E-state index < -0.39 is 0 Å². The number of ether oxygens (including phenoxy) is 1. The minimum Gasteiger partial charge on any atom is -0.495 e. The first-order valence-electron chi connectivity index (χ1n) is 11.9. The Kier molecular flexibility index (Phi) is 5.40. The predicted octanol–water partition coefficient (Wildman–Crippen LogP) is 4.90. The lowest BCUT2D eigenvalue weighted by molar-refractivity contribution is -0.330. The second-order valence-corrected chi connectivity index (χ2v) is 8.92. The van der Waals surface area contributed by atoms with Crippen molar-refractivity contribution in [3.8, 4) is 17.0 Å². The van der Waals surface area contributed by atoms with E-state index in [4.69, 9.17) is 4.74 Å². The Morgan fingerprint density at radius 3 is 2.35 bits per heavy atom. The van der Waals surface area contributed by atoms with Crippen LogP contribution in [0, 0.1) is 0 Å². The molecular formula is C29H29N4O+. The van der Waals surface area contributed by atoms with Crippen LogP contribution in [0.1, 0.15) is 5.56 Å². The van der Waals surface area contributed by atoms with Gasteiger partial charge in [0.25, 0.3) is 0 Å². The molecule has 34 heavy (non-hydrogen) atoms. The van der Waals surface area contributed by atoms with Crippen LogP contribution >= 0.6 is 0 Å². The van der Waals surface area contributed by atoms with Crippen LogP contribution < -0.4 is 14.6 Å². The van der Waals surface area contributed by atoms with Crippen LogP contribution in [0.15, 0.2) is 91.1 Å². The molecule has 5 aromatic rings. The van der Waals surface area contributed by atoms with Gasteiger partial charge in [-0.2, -0.15) is 0 Å². The van der Waals surface area contributed by atoms with Crippen LogP contribution in [-0.2, 0) is 6.54 Å². The fraction of sp³-hybridized carbons (Fsp3) is 0.207. The summed E-state index contributed by atoms with van der Waals surface area (Å²) in [5.74, 6) is 0.950. The van der Waals surface area contributed by atoms with Crippen molar-refractivity contribution >= 4 is 22.2 Å². The van der Waals surface area contributed by atoms with Crippen LogP contribution in [0.25, 0.3) is 27.8 Å². The molecule has 6 rings (SSSR count). The maximum absolute atomic E-state index is 5.58. The molecule has 0 amide bonds. The van der Waals surface area contributed by atoms with Gasteiger partial charge in [0.1, 0.15) is 16.8 Å². The molecule has 1 N–H and O–H groups in total. The molecule has 0 bridgehead atoms. The first kappa shape index (κ1) is 20.8. The standard InChI is InChI=1S/C29H28N4O/c1-34-28-14-8-7-13-26(28)32-17-15-31(16-18-32)20-22-19-27-29(23-9-3-2-4-10-23)30-24-11-5-6-12-25(24)33(27)21-22/h2-14,19,21H,15-18,20H2,1H3/p+1. The highest BCUT2D eigenvalue weighted by molar-refractivity contribution is 5.83. The molecule has 3 aromatic carbocycles. The van der Waals surface area contributed by atoms with Gasteiger partial charge in [0, 0.05) is 50.6 Å². The van der Waals surface area contributed by atoms with E-state index >= 15 is 0 Å². The Labute approximate surface area is 199 Å². The second-order valence-electron chi connectivity index (χ2n) is 8.92. The number of piperazine rings is 1. The van der Waals surface area contributed by atoms with Gasteiger partial charge in [-0.15, -0.1) is 0 Å². The van der Waals surface area contributed by atoms with Crippen LogP contribution in [0.3, 0.4) is 0 Å². The van der Waals surface area contributed by atoms with E-state index in [1.807, 2.05) is 12.1 Å². The van der Waals surface area contributed by atoms with E-state index in [1.165, 1.54) is 27.8 Å². The number of anilines is 1. The first-order chi connectivity index (χ1) is 16.8. The highest BCUT2D eigenvalue weighted by Gasteiger charge is 2.22. The Morgan fingerprint density at radius 1 is 0.794 bits per heavy atom. The van der Waals surface area contributed by atoms with Crippen LogP contribution in [0.5, 0.6) is 5.75 Å². The normalized spacial score (nSPS) is 14.7. The molecule has 1 aliphatic heterocycles. The Bertz CT molecular complexity index is 1440. The molecule has 3 heterocycles. The van der Waals surface area contributed by atoms with Crippen LogP contribution in [0.2, 0.25) is 0 Å². The molecule has 0 spiro atoms. The summed E-state index contributed by atoms with van der Waals surface area (Å²) in [5, 5.41) is 0. The van der Waals surface area contributed by atoms with Crippen molar-refractivity contribution in [1.82, 2.24) is 9.30 Å². The number of para-hydroxylation sites is 4. The molecule has 5 nitrogen and oxygen atoms in total. The predicted molar refractivity (Wildman–Crippen MR) is 137 cm³/mol. The van der Waals surface area contributed by atoms with Crippen molar-refractivity contribution in [2.45, 2.75) is 6.54 Å². The number of nitrogens with one attached hydrogen (secondary N) is 1. The number of aromatic nitrogens is 2. The SMILES string of the molecule is COc1ccccc1N1CCN(Cc2cc3c(-c4ccccc4)[nH+]c4ccccc4n3c2)CC1. The van der Waals surface area contributed by atoms with Gasteiger partial charge in [-0.1, -0.05) is 42.5 Å². The summed E-state index contributed by atoms with van der Waals surface area (Å²) in [6, 6.07) is 29.8. The average molecular weight is 450 g/mol. The number of hydrogen-bond acceptors (Lipinski definition) is 3. The molecule has 5 heteroatoms. The van der Waals surface area contributed by atoms with E-state index in [0.717, 1.165) is 49.7 Å². The molecule has 1 aliphatic rings. The molecule has 170 valence electrons. The summed E-state index contributed by atoms with van der Waals surface area (Å²) < 4.78 is 7.92. The van der Waals surface area contributed by atoms with Crippen molar-refractivity contribution in [3.63, 3.8) is 0 Å². The summed E-state index contributed by atoms with van der Waals surface area (Å²) in [5.41, 5.74) is 8.44. The summed E-state index contributed by atoms with van der Waals surface area (Å²) in [7, 11) is 1.75. The summed E-state index contributed by atoms with van der Waals surface area (Å²) in [6.07, 6.45) is 2.31. The largest absolute Gasteiger partial charge is 0.495 e. The number of benzene rings is 3. The Morgan fingerprint density at radius 2 is 1.53 bits per heavy atom. The summed E-state index contributed by atoms with van der Waals surface area (Å²) >= 11 is 0. The van der Waals surface area contributed by atoms with Gasteiger partial charge in [0.05, 0.1) is 12.8 Å². The van der Waals surface area contributed by atoms with Gasteiger partial charge in [0.15, 0.2) is 0 Å². The molecule has 0 radical (unpaired) electrons. The van der Waals surface area contributed by atoms with Gasteiger partial charge in [-0.25, -0.2) is 4.98 Å². The third-order valence-electron chi connectivity index (χ3n) is 6.82. The Balaban J connectivity index is 1.28. The lowest BCUT2D eigenvalue weighted by atomic mass is 10.1. The fourth-order valence-electron chi connectivity index (χ4n) is 5.11. The van der Waals surface area contributed by atoms with Gasteiger partial charge in [-0.3, -0.25) is 4.90 Å². The minimum absolute atomic E-state index is 0.948. The van der Waals surface area contributed by atoms with Crippen LogP contribution in [0.4, 0.5) is 5.69 Å². The van der Waals surface area contributed by atoms with Crippen molar-refractivity contribution in [2.24, 2.45) is 0 Å². The van der Waals surface area contributed by atoms with Gasteiger partial charge in [-0.05, 0) is 42.0 Å². The van der Waals surface area contributed by atoms with Crippen molar-refractivity contribution in [1.29, 1.82) is 0 Å². The minimum atomic E-state index is 0.948. The number of aromatic amines is 1. The zero-order valence-electron chi connectivity index (χ0n) is 19.4. The molecule has 0 aliphatic carbocycles. The highest BCUT2D eigenvalue weighted by atomic mass is 16.5. The number of hydrogen-bond donors (Lipinski definition) is 0. The molecule has 1 saturated heterocycles. The number of nitrogens with zero attached hydrogens (tertiary/aromatic N) is 3. The number of fused-ring (bicyclic) bond motifs is 3.